The molecule has 2 aromatic heterocycles. The Balaban J connectivity index is 1.37. The second kappa shape index (κ2) is 8.31. The Bertz CT molecular complexity index is 1350. The number of aromatic nitrogens is 3. The molecule has 1 aliphatic heterocycles. The van der Waals surface area contributed by atoms with Crippen LogP contribution in [0.1, 0.15) is 53.1 Å². The average Bonchev–Trinajstić information content (AvgIpc) is 3.27. The third kappa shape index (κ3) is 3.63. The first kappa shape index (κ1) is 21.1. The Labute approximate surface area is 192 Å². The van der Waals surface area contributed by atoms with E-state index in [2.05, 4.69) is 24.9 Å². The Morgan fingerprint density at radius 2 is 1.55 bits per heavy atom. The second-order valence-electron chi connectivity index (χ2n) is 9.02. The standard InChI is InChI=1S/C26H27N5O2/c1-16(2)15-21-22-19-11-5-6-12-20(19)28-24(27)23(22)29-31(21)14-8-7-13-30-25(32)17-9-3-4-10-18(17)26(30)33/h3-6,9-12,16H,7-8,13-15H2,1-2H3,(H2,27,28). The fraction of sp³-hybridized carbons (Fsp3) is 0.308. The molecule has 0 fully saturated rings. The number of unbranched alkanes of at least 4 members (excludes halogenated alkanes) is 1. The van der Waals surface area contributed by atoms with Gasteiger partial charge in [0, 0.05) is 29.6 Å². The zero-order valence-electron chi connectivity index (χ0n) is 18.9. The number of pyridine rings is 1. The van der Waals surface area contributed by atoms with Crippen LogP contribution in [-0.4, -0.2) is 38.0 Å². The molecule has 7 nitrogen and oxygen atoms in total. The van der Waals surface area contributed by atoms with Crippen molar-refractivity contribution in [1.82, 2.24) is 19.7 Å². The van der Waals surface area contributed by atoms with E-state index in [4.69, 9.17) is 10.8 Å². The second-order valence-corrected chi connectivity index (χ2v) is 9.02. The molecule has 0 unspecified atom stereocenters. The lowest BCUT2D eigenvalue weighted by Crippen LogP contribution is -2.30. The highest BCUT2D eigenvalue weighted by atomic mass is 16.2. The third-order valence-electron chi connectivity index (χ3n) is 6.20. The minimum atomic E-state index is -0.203. The summed E-state index contributed by atoms with van der Waals surface area (Å²) in [6.45, 7) is 5.48. The number of para-hydroxylation sites is 1. The molecule has 4 aromatic rings. The summed E-state index contributed by atoms with van der Waals surface area (Å²) < 4.78 is 2.04. The van der Waals surface area contributed by atoms with Crippen LogP contribution in [0, 0.1) is 5.92 Å². The summed E-state index contributed by atoms with van der Waals surface area (Å²) in [4.78, 5) is 31.1. The number of hydrogen-bond acceptors (Lipinski definition) is 5. The maximum absolute atomic E-state index is 12.6. The summed E-state index contributed by atoms with van der Waals surface area (Å²) in [6, 6.07) is 15.0. The van der Waals surface area contributed by atoms with E-state index < -0.39 is 0 Å². The minimum Gasteiger partial charge on any atom is -0.382 e. The molecule has 5 rings (SSSR count). The van der Waals surface area contributed by atoms with E-state index in [9.17, 15) is 9.59 Å². The van der Waals surface area contributed by atoms with Crippen molar-refractivity contribution >= 4 is 39.4 Å². The van der Waals surface area contributed by atoms with Crippen molar-refractivity contribution < 1.29 is 9.59 Å². The van der Waals surface area contributed by atoms with Gasteiger partial charge < -0.3 is 5.73 Å². The monoisotopic (exact) mass is 441 g/mol. The molecule has 3 heterocycles. The first-order chi connectivity index (χ1) is 16.0. The van der Waals surface area contributed by atoms with Crippen LogP contribution in [0.5, 0.6) is 0 Å². The number of nitrogens with zero attached hydrogens (tertiary/aromatic N) is 4. The van der Waals surface area contributed by atoms with Gasteiger partial charge in [0.15, 0.2) is 5.82 Å². The summed E-state index contributed by atoms with van der Waals surface area (Å²) in [6.07, 6.45) is 2.37. The lowest BCUT2D eigenvalue weighted by Gasteiger charge is -2.14. The number of rotatable bonds is 7. The van der Waals surface area contributed by atoms with E-state index in [1.54, 1.807) is 24.3 Å². The summed E-state index contributed by atoms with van der Waals surface area (Å²) in [5.41, 5.74) is 10.0. The van der Waals surface area contributed by atoms with Gasteiger partial charge in [-0.25, -0.2) is 4.98 Å². The van der Waals surface area contributed by atoms with Crippen molar-refractivity contribution in [2.45, 2.75) is 39.7 Å². The molecule has 0 spiro atoms. The highest BCUT2D eigenvalue weighted by Gasteiger charge is 2.34. The van der Waals surface area contributed by atoms with Gasteiger partial charge in [0.2, 0.25) is 0 Å². The van der Waals surface area contributed by atoms with Crippen LogP contribution in [0.3, 0.4) is 0 Å². The van der Waals surface area contributed by atoms with Gasteiger partial charge in [0.25, 0.3) is 11.8 Å². The molecule has 168 valence electrons. The molecule has 0 bridgehead atoms. The van der Waals surface area contributed by atoms with Gasteiger partial charge in [-0.15, -0.1) is 0 Å². The van der Waals surface area contributed by atoms with Gasteiger partial charge in [0.1, 0.15) is 5.52 Å². The molecule has 0 aliphatic carbocycles. The summed E-state index contributed by atoms with van der Waals surface area (Å²) in [7, 11) is 0. The molecule has 1 aliphatic rings. The van der Waals surface area contributed by atoms with E-state index >= 15 is 0 Å². The highest BCUT2D eigenvalue weighted by molar-refractivity contribution is 6.21. The lowest BCUT2D eigenvalue weighted by molar-refractivity contribution is 0.0651. The number of imide groups is 1. The SMILES string of the molecule is CC(C)Cc1c2c(nn1CCCCN1C(=O)c3ccccc3C1=O)c(N)nc1ccccc12. The zero-order valence-corrected chi connectivity index (χ0v) is 18.9. The molecule has 0 saturated heterocycles. The quantitative estimate of drug-likeness (QED) is 0.338. The number of benzene rings is 2. The normalized spacial score (nSPS) is 13.6. The van der Waals surface area contributed by atoms with Gasteiger partial charge in [-0.1, -0.05) is 44.2 Å². The number of amides is 2. The molecule has 0 atom stereocenters. The van der Waals surface area contributed by atoms with E-state index in [0.29, 0.717) is 42.4 Å². The fourth-order valence-electron chi connectivity index (χ4n) is 4.68. The van der Waals surface area contributed by atoms with Crippen LogP contribution in [0.25, 0.3) is 21.8 Å². The number of carbonyl (C=O) groups excluding carboxylic acids is 2. The smallest absolute Gasteiger partial charge is 0.261 e. The number of carbonyl (C=O) groups is 2. The predicted molar refractivity (Wildman–Crippen MR) is 129 cm³/mol. The summed E-state index contributed by atoms with van der Waals surface area (Å²) in [5, 5.41) is 6.97. The number of nitrogen functional groups attached to an aromatic ring is 1. The topological polar surface area (TPSA) is 94.1 Å². The number of fused-ring (bicyclic) bond motifs is 4. The van der Waals surface area contributed by atoms with Gasteiger partial charge in [0.05, 0.1) is 16.6 Å². The van der Waals surface area contributed by atoms with E-state index in [0.717, 1.165) is 40.3 Å². The maximum atomic E-state index is 12.6. The average molecular weight is 442 g/mol. The van der Waals surface area contributed by atoms with Crippen molar-refractivity contribution in [2.24, 2.45) is 5.92 Å². The molecular weight excluding hydrogens is 414 g/mol. The van der Waals surface area contributed by atoms with Crippen molar-refractivity contribution in [3.63, 3.8) is 0 Å². The van der Waals surface area contributed by atoms with Crippen molar-refractivity contribution in [2.75, 3.05) is 12.3 Å². The van der Waals surface area contributed by atoms with Gasteiger partial charge in [-0.05, 0) is 43.4 Å². The molecular formula is C26H27N5O2. The van der Waals surface area contributed by atoms with E-state index in [1.165, 1.54) is 4.90 Å². The van der Waals surface area contributed by atoms with Crippen LogP contribution < -0.4 is 5.73 Å². The van der Waals surface area contributed by atoms with Gasteiger partial charge >= 0.3 is 0 Å². The molecule has 0 saturated carbocycles. The first-order valence-corrected chi connectivity index (χ1v) is 11.4. The van der Waals surface area contributed by atoms with Crippen molar-refractivity contribution in [3.8, 4) is 0 Å². The van der Waals surface area contributed by atoms with Crippen LogP contribution in [0.15, 0.2) is 48.5 Å². The van der Waals surface area contributed by atoms with Gasteiger partial charge in [-0.3, -0.25) is 19.2 Å². The fourth-order valence-corrected chi connectivity index (χ4v) is 4.68. The molecule has 0 radical (unpaired) electrons. The molecule has 2 aromatic carbocycles. The van der Waals surface area contributed by atoms with Crippen LogP contribution in [0.4, 0.5) is 5.82 Å². The molecule has 2 amide bonds. The minimum absolute atomic E-state index is 0.203. The first-order valence-electron chi connectivity index (χ1n) is 11.4. The Morgan fingerprint density at radius 1 is 0.909 bits per heavy atom. The van der Waals surface area contributed by atoms with Crippen LogP contribution >= 0.6 is 0 Å². The van der Waals surface area contributed by atoms with Gasteiger partial charge in [-0.2, -0.15) is 5.10 Å². The van der Waals surface area contributed by atoms with Crippen LogP contribution in [0.2, 0.25) is 0 Å². The number of nitrogens with two attached hydrogens (primary N) is 1. The predicted octanol–water partition coefficient (Wildman–Crippen LogP) is 4.44. The number of aryl methyl sites for hydroxylation is 1. The largest absolute Gasteiger partial charge is 0.382 e. The maximum Gasteiger partial charge on any atom is 0.261 e. The molecule has 7 heteroatoms. The summed E-state index contributed by atoms with van der Waals surface area (Å²) in [5.74, 6) is 0.492. The van der Waals surface area contributed by atoms with Crippen molar-refractivity contribution in [1.29, 1.82) is 0 Å². The van der Waals surface area contributed by atoms with Crippen LogP contribution in [-0.2, 0) is 13.0 Å². The Morgan fingerprint density at radius 3 is 2.24 bits per heavy atom. The third-order valence-corrected chi connectivity index (χ3v) is 6.20. The number of hydrogen-bond donors (Lipinski definition) is 1. The summed E-state index contributed by atoms with van der Waals surface area (Å²) >= 11 is 0. The highest BCUT2D eigenvalue weighted by Crippen LogP contribution is 2.32. The van der Waals surface area contributed by atoms with E-state index in [1.807, 2.05) is 22.9 Å². The molecule has 2 N–H and O–H groups in total. The Kier molecular flexibility index (Phi) is 5.32. The number of anilines is 1. The van der Waals surface area contributed by atoms with E-state index in [-0.39, 0.29) is 11.8 Å². The van der Waals surface area contributed by atoms with Crippen molar-refractivity contribution in [3.05, 3.63) is 65.4 Å². The molecule has 33 heavy (non-hydrogen) atoms. The zero-order chi connectivity index (χ0) is 23.1. The lowest BCUT2D eigenvalue weighted by atomic mass is 10.0. The Hall–Kier alpha value is -3.74.